The Kier molecular flexibility index (Phi) is 5.65. The van der Waals surface area contributed by atoms with E-state index in [1.165, 1.54) is 9.79 Å². The molecule has 0 aliphatic rings. The summed E-state index contributed by atoms with van der Waals surface area (Å²) in [5, 5.41) is 5.75. The summed E-state index contributed by atoms with van der Waals surface area (Å²) in [7, 11) is 1.76. The summed E-state index contributed by atoms with van der Waals surface area (Å²) in [5.74, 6) is 0.00649. The summed E-state index contributed by atoms with van der Waals surface area (Å²) >= 11 is 1.71. The first-order chi connectivity index (χ1) is 9.79. The minimum atomic E-state index is 0.00649. The zero-order chi connectivity index (χ0) is 14.2. The predicted octanol–water partition coefficient (Wildman–Crippen LogP) is 2.67. The Bertz CT molecular complexity index is 557. The number of hydrogen-bond acceptors (Lipinski definition) is 3. The van der Waals surface area contributed by atoms with Crippen molar-refractivity contribution < 1.29 is 4.79 Å². The molecule has 4 heteroatoms. The maximum atomic E-state index is 11.5. The van der Waals surface area contributed by atoms with Crippen molar-refractivity contribution in [3.8, 4) is 0 Å². The predicted molar refractivity (Wildman–Crippen MR) is 82.8 cm³/mol. The number of hydrogen-bond donors (Lipinski definition) is 2. The molecule has 20 heavy (non-hydrogen) atoms. The molecule has 0 spiro atoms. The van der Waals surface area contributed by atoms with Crippen molar-refractivity contribution >= 4 is 17.7 Å². The molecule has 0 atom stereocenters. The maximum Gasteiger partial charge on any atom is 0.234 e. The zero-order valence-corrected chi connectivity index (χ0v) is 12.2. The molecule has 0 aromatic heterocycles. The van der Waals surface area contributed by atoms with Gasteiger partial charge in [0.05, 0.1) is 6.54 Å². The molecule has 2 N–H and O–H groups in total. The lowest BCUT2D eigenvalue weighted by Gasteiger charge is -2.10. The van der Waals surface area contributed by atoms with E-state index in [-0.39, 0.29) is 5.91 Å². The molecule has 0 heterocycles. The number of benzene rings is 2. The summed E-state index contributed by atoms with van der Waals surface area (Å²) in [5.41, 5.74) is 1.13. The fourth-order valence-corrected chi connectivity index (χ4v) is 2.75. The van der Waals surface area contributed by atoms with Gasteiger partial charge in [-0.15, -0.1) is 0 Å². The van der Waals surface area contributed by atoms with E-state index in [1.54, 1.807) is 18.8 Å². The number of likely N-dealkylation sites (N-methyl/N-ethyl adjacent to an activating group) is 1. The molecule has 104 valence electrons. The van der Waals surface area contributed by atoms with Gasteiger partial charge < -0.3 is 10.6 Å². The van der Waals surface area contributed by atoms with E-state index in [9.17, 15) is 4.79 Å². The van der Waals surface area contributed by atoms with Gasteiger partial charge in [-0.25, -0.2) is 0 Å². The average Bonchev–Trinajstić information content (AvgIpc) is 2.48. The molecule has 1 amide bonds. The first-order valence-corrected chi connectivity index (χ1v) is 7.33. The highest BCUT2D eigenvalue weighted by atomic mass is 32.2. The van der Waals surface area contributed by atoms with Crippen molar-refractivity contribution in [2.45, 2.75) is 16.3 Å². The molecule has 0 fully saturated rings. The first-order valence-electron chi connectivity index (χ1n) is 6.51. The van der Waals surface area contributed by atoms with Gasteiger partial charge >= 0.3 is 0 Å². The number of nitrogens with one attached hydrogen (secondary N) is 2. The summed E-state index contributed by atoms with van der Waals surface area (Å²) in [4.78, 5) is 13.9. The molecule has 2 aromatic rings. The van der Waals surface area contributed by atoms with Gasteiger partial charge in [-0.2, -0.15) is 0 Å². The summed E-state index contributed by atoms with van der Waals surface area (Å²) in [6.07, 6.45) is 0. The summed E-state index contributed by atoms with van der Waals surface area (Å²) < 4.78 is 0. The molecule has 0 radical (unpaired) electrons. The molecule has 0 bridgehead atoms. The lowest BCUT2D eigenvalue weighted by atomic mass is 10.2. The second-order valence-corrected chi connectivity index (χ2v) is 5.45. The van der Waals surface area contributed by atoms with Gasteiger partial charge in [0.15, 0.2) is 0 Å². The van der Waals surface area contributed by atoms with Crippen LogP contribution in [0.3, 0.4) is 0 Å². The highest BCUT2D eigenvalue weighted by Gasteiger charge is 2.05. The summed E-state index contributed by atoms with van der Waals surface area (Å²) in [6.45, 7) is 0.893. The van der Waals surface area contributed by atoms with E-state index in [4.69, 9.17) is 0 Å². The lowest BCUT2D eigenvalue weighted by molar-refractivity contribution is -0.120. The molecule has 2 aromatic carbocycles. The minimum absolute atomic E-state index is 0.00649. The first kappa shape index (κ1) is 14.6. The molecule has 2 rings (SSSR count). The number of rotatable bonds is 6. The van der Waals surface area contributed by atoms with Gasteiger partial charge in [0, 0.05) is 16.3 Å². The van der Waals surface area contributed by atoms with Crippen molar-refractivity contribution in [2.75, 3.05) is 13.6 Å². The van der Waals surface area contributed by atoms with Gasteiger partial charge in [-0.05, 0) is 30.8 Å². The SMILES string of the molecule is CNCC(=O)NCc1ccccc1Sc1ccccc1. The Morgan fingerprint density at radius 1 is 1.05 bits per heavy atom. The quantitative estimate of drug-likeness (QED) is 0.858. The Labute approximate surface area is 123 Å². The van der Waals surface area contributed by atoms with Crippen LogP contribution in [0.15, 0.2) is 64.4 Å². The van der Waals surface area contributed by atoms with Crippen LogP contribution < -0.4 is 10.6 Å². The van der Waals surface area contributed by atoms with Crippen LogP contribution in [0, 0.1) is 0 Å². The highest BCUT2D eigenvalue weighted by Crippen LogP contribution is 2.30. The van der Waals surface area contributed by atoms with Gasteiger partial charge in [-0.3, -0.25) is 4.79 Å². The van der Waals surface area contributed by atoms with Crippen molar-refractivity contribution in [3.05, 3.63) is 60.2 Å². The van der Waals surface area contributed by atoms with E-state index in [2.05, 4.69) is 28.8 Å². The van der Waals surface area contributed by atoms with Crippen LogP contribution in [-0.2, 0) is 11.3 Å². The molecular formula is C16H18N2OS. The molecule has 0 saturated carbocycles. The Hall–Kier alpha value is -1.78. The highest BCUT2D eigenvalue weighted by molar-refractivity contribution is 7.99. The van der Waals surface area contributed by atoms with Crippen molar-refractivity contribution in [1.82, 2.24) is 10.6 Å². The molecule has 0 aliphatic carbocycles. The van der Waals surface area contributed by atoms with Crippen LogP contribution in [-0.4, -0.2) is 19.5 Å². The number of amides is 1. The molecule has 0 saturated heterocycles. The Balaban J connectivity index is 2.04. The second kappa shape index (κ2) is 7.72. The van der Waals surface area contributed by atoms with E-state index in [0.717, 1.165) is 5.56 Å². The van der Waals surface area contributed by atoms with Crippen LogP contribution >= 0.6 is 11.8 Å². The molecule has 3 nitrogen and oxygen atoms in total. The smallest absolute Gasteiger partial charge is 0.234 e. The van der Waals surface area contributed by atoms with Gasteiger partial charge in [0.2, 0.25) is 5.91 Å². The molecule has 0 aliphatic heterocycles. The average molecular weight is 286 g/mol. The van der Waals surface area contributed by atoms with Crippen LogP contribution in [0.2, 0.25) is 0 Å². The third kappa shape index (κ3) is 4.40. The van der Waals surface area contributed by atoms with Crippen LogP contribution in [0.1, 0.15) is 5.56 Å². The fraction of sp³-hybridized carbons (Fsp3) is 0.188. The Morgan fingerprint density at radius 2 is 1.75 bits per heavy atom. The molecule has 0 unspecified atom stereocenters. The van der Waals surface area contributed by atoms with E-state index < -0.39 is 0 Å². The lowest BCUT2D eigenvalue weighted by Crippen LogP contribution is -2.31. The van der Waals surface area contributed by atoms with E-state index in [1.807, 2.05) is 36.4 Å². The van der Waals surface area contributed by atoms with Crippen molar-refractivity contribution in [2.24, 2.45) is 0 Å². The van der Waals surface area contributed by atoms with E-state index >= 15 is 0 Å². The molecular weight excluding hydrogens is 268 g/mol. The standard InChI is InChI=1S/C16H18N2OS/c1-17-12-16(19)18-11-13-7-5-6-10-15(13)20-14-8-3-2-4-9-14/h2-10,17H,11-12H2,1H3,(H,18,19). The van der Waals surface area contributed by atoms with Gasteiger partial charge in [0.1, 0.15) is 0 Å². The van der Waals surface area contributed by atoms with Crippen LogP contribution in [0.25, 0.3) is 0 Å². The summed E-state index contributed by atoms with van der Waals surface area (Å²) in [6, 6.07) is 18.4. The largest absolute Gasteiger partial charge is 0.351 e. The monoisotopic (exact) mass is 286 g/mol. The maximum absolute atomic E-state index is 11.5. The zero-order valence-electron chi connectivity index (χ0n) is 11.4. The third-order valence-corrected chi connectivity index (χ3v) is 3.88. The topological polar surface area (TPSA) is 41.1 Å². The van der Waals surface area contributed by atoms with Crippen molar-refractivity contribution in [3.63, 3.8) is 0 Å². The normalized spacial score (nSPS) is 10.2. The Morgan fingerprint density at radius 3 is 2.50 bits per heavy atom. The van der Waals surface area contributed by atoms with Crippen LogP contribution in [0.5, 0.6) is 0 Å². The second-order valence-electron chi connectivity index (χ2n) is 4.33. The van der Waals surface area contributed by atoms with E-state index in [0.29, 0.717) is 13.1 Å². The van der Waals surface area contributed by atoms with Crippen LogP contribution in [0.4, 0.5) is 0 Å². The number of carbonyl (C=O) groups is 1. The minimum Gasteiger partial charge on any atom is -0.351 e. The third-order valence-electron chi connectivity index (χ3n) is 2.76. The number of carbonyl (C=O) groups excluding carboxylic acids is 1. The van der Waals surface area contributed by atoms with Gasteiger partial charge in [-0.1, -0.05) is 48.2 Å². The fourth-order valence-electron chi connectivity index (χ4n) is 1.78. The van der Waals surface area contributed by atoms with Gasteiger partial charge in [0.25, 0.3) is 0 Å². The van der Waals surface area contributed by atoms with Crippen molar-refractivity contribution in [1.29, 1.82) is 0 Å².